The van der Waals surface area contributed by atoms with Crippen molar-refractivity contribution in [3.05, 3.63) is 48.0 Å². The van der Waals surface area contributed by atoms with Crippen molar-refractivity contribution in [2.75, 3.05) is 6.54 Å². The van der Waals surface area contributed by atoms with Gasteiger partial charge in [-0.05, 0) is 25.5 Å². The van der Waals surface area contributed by atoms with E-state index in [9.17, 15) is 0 Å². The minimum absolute atomic E-state index is 0.288. The van der Waals surface area contributed by atoms with Crippen LogP contribution in [0.1, 0.15) is 30.5 Å². The first-order chi connectivity index (χ1) is 6.77. The maximum atomic E-state index is 3.85. The molecule has 0 heterocycles. The van der Waals surface area contributed by atoms with Gasteiger partial charge < -0.3 is 5.32 Å². The summed E-state index contributed by atoms with van der Waals surface area (Å²) in [5, 5.41) is 3.44. The largest absolute Gasteiger partial charge is 0.307 e. The van der Waals surface area contributed by atoms with Crippen LogP contribution in [0.2, 0.25) is 0 Å². The third kappa shape index (κ3) is 3.00. The van der Waals surface area contributed by atoms with Crippen molar-refractivity contribution < 1.29 is 0 Å². The molecule has 0 aliphatic heterocycles. The highest BCUT2D eigenvalue weighted by molar-refractivity contribution is 5.26. The van der Waals surface area contributed by atoms with E-state index in [2.05, 4.69) is 50.0 Å². The fourth-order valence-electron chi connectivity index (χ4n) is 1.41. The first-order valence-electron chi connectivity index (χ1n) is 5.20. The maximum absolute atomic E-state index is 3.85. The Balaban J connectivity index is 2.68. The molecular formula is C13H19N. The van der Waals surface area contributed by atoms with Gasteiger partial charge >= 0.3 is 0 Å². The van der Waals surface area contributed by atoms with Gasteiger partial charge in [0.15, 0.2) is 0 Å². The third-order valence-corrected chi connectivity index (χ3v) is 2.29. The molecule has 0 saturated heterocycles. The topological polar surface area (TPSA) is 12.0 Å². The van der Waals surface area contributed by atoms with Crippen molar-refractivity contribution >= 4 is 0 Å². The van der Waals surface area contributed by atoms with Crippen LogP contribution in [-0.2, 0) is 0 Å². The molecule has 1 nitrogen and oxygen atoms in total. The molecule has 0 radical (unpaired) electrons. The smallest absolute Gasteiger partial charge is 0.0503 e. The van der Waals surface area contributed by atoms with E-state index in [4.69, 9.17) is 0 Å². The van der Waals surface area contributed by atoms with Crippen LogP contribution in [0.4, 0.5) is 0 Å². The fourth-order valence-corrected chi connectivity index (χ4v) is 1.41. The van der Waals surface area contributed by atoms with Crippen molar-refractivity contribution in [2.45, 2.75) is 26.3 Å². The summed E-state index contributed by atoms with van der Waals surface area (Å²) in [5.41, 5.74) is 2.59. The number of benzene rings is 1. The van der Waals surface area contributed by atoms with E-state index in [0.717, 1.165) is 13.0 Å². The molecule has 1 aromatic carbocycles. The van der Waals surface area contributed by atoms with Crippen molar-refractivity contribution in [3.8, 4) is 0 Å². The Hall–Kier alpha value is -1.08. The van der Waals surface area contributed by atoms with E-state index in [1.54, 1.807) is 0 Å². The Kier molecular flexibility index (Phi) is 4.41. The molecule has 0 aromatic heterocycles. The minimum atomic E-state index is 0.288. The van der Waals surface area contributed by atoms with Crippen LogP contribution in [-0.4, -0.2) is 6.54 Å². The Bertz CT molecular complexity index is 274. The quantitative estimate of drug-likeness (QED) is 0.701. The average molecular weight is 189 g/mol. The van der Waals surface area contributed by atoms with Crippen molar-refractivity contribution in [1.82, 2.24) is 5.32 Å². The molecule has 0 aliphatic rings. The monoisotopic (exact) mass is 189 g/mol. The van der Waals surface area contributed by atoms with Crippen LogP contribution in [0.15, 0.2) is 36.9 Å². The van der Waals surface area contributed by atoms with Crippen LogP contribution < -0.4 is 5.32 Å². The minimum Gasteiger partial charge on any atom is -0.307 e. The molecule has 1 aromatic rings. The molecule has 1 N–H and O–H groups in total. The van der Waals surface area contributed by atoms with Crippen molar-refractivity contribution in [3.63, 3.8) is 0 Å². The highest BCUT2D eigenvalue weighted by Gasteiger charge is 2.04. The number of aryl methyl sites for hydroxylation is 1. The average Bonchev–Trinajstić information content (AvgIpc) is 2.21. The number of rotatable bonds is 5. The Morgan fingerprint density at radius 2 is 2.00 bits per heavy atom. The Labute approximate surface area is 86.8 Å². The van der Waals surface area contributed by atoms with Crippen LogP contribution in [0.5, 0.6) is 0 Å². The summed E-state index contributed by atoms with van der Waals surface area (Å²) in [6, 6.07) is 8.88. The van der Waals surface area contributed by atoms with Gasteiger partial charge in [-0.25, -0.2) is 0 Å². The fraction of sp³-hybridized carbons (Fsp3) is 0.385. The van der Waals surface area contributed by atoms with Crippen LogP contribution in [0, 0.1) is 6.92 Å². The lowest BCUT2D eigenvalue weighted by atomic mass is 10.1. The molecule has 0 aliphatic carbocycles. The van der Waals surface area contributed by atoms with Gasteiger partial charge in [0.2, 0.25) is 0 Å². The van der Waals surface area contributed by atoms with E-state index in [1.165, 1.54) is 11.1 Å². The summed E-state index contributed by atoms with van der Waals surface area (Å²) in [4.78, 5) is 0. The van der Waals surface area contributed by atoms with E-state index in [-0.39, 0.29) is 6.04 Å². The SMILES string of the molecule is C=CC(NCCC)c1ccc(C)cc1. The van der Waals surface area contributed by atoms with Gasteiger partial charge in [-0.1, -0.05) is 42.8 Å². The standard InChI is InChI=1S/C13H19N/c1-4-10-14-13(5-2)12-8-6-11(3)7-9-12/h5-9,13-14H,2,4,10H2,1,3H3. The van der Waals surface area contributed by atoms with E-state index < -0.39 is 0 Å². The zero-order valence-corrected chi connectivity index (χ0v) is 9.09. The molecular weight excluding hydrogens is 170 g/mol. The van der Waals surface area contributed by atoms with Crippen molar-refractivity contribution in [2.24, 2.45) is 0 Å². The second-order valence-electron chi connectivity index (χ2n) is 3.58. The summed E-state index contributed by atoms with van der Waals surface area (Å²) in [6.07, 6.45) is 3.11. The molecule has 0 saturated carbocycles. The van der Waals surface area contributed by atoms with Crippen LogP contribution in [0.25, 0.3) is 0 Å². The summed E-state index contributed by atoms with van der Waals surface area (Å²) in [5.74, 6) is 0. The molecule has 14 heavy (non-hydrogen) atoms. The van der Waals surface area contributed by atoms with E-state index in [0.29, 0.717) is 0 Å². The van der Waals surface area contributed by atoms with E-state index >= 15 is 0 Å². The molecule has 1 atom stereocenters. The molecule has 0 spiro atoms. The van der Waals surface area contributed by atoms with Gasteiger partial charge in [-0.2, -0.15) is 0 Å². The second kappa shape index (κ2) is 5.61. The first-order valence-corrected chi connectivity index (χ1v) is 5.20. The molecule has 0 bridgehead atoms. The lowest BCUT2D eigenvalue weighted by molar-refractivity contribution is 0.613. The normalized spacial score (nSPS) is 12.4. The summed E-state index contributed by atoms with van der Waals surface area (Å²) >= 11 is 0. The lowest BCUT2D eigenvalue weighted by Gasteiger charge is -2.14. The van der Waals surface area contributed by atoms with Crippen molar-refractivity contribution in [1.29, 1.82) is 0 Å². The molecule has 1 rings (SSSR count). The zero-order valence-electron chi connectivity index (χ0n) is 9.09. The summed E-state index contributed by atoms with van der Waals surface area (Å²) < 4.78 is 0. The molecule has 1 unspecified atom stereocenters. The zero-order chi connectivity index (χ0) is 10.4. The highest BCUT2D eigenvalue weighted by atomic mass is 14.9. The molecule has 1 heteroatoms. The van der Waals surface area contributed by atoms with Crippen LogP contribution >= 0.6 is 0 Å². The molecule has 76 valence electrons. The summed E-state index contributed by atoms with van der Waals surface area (Å²) in [7, 11) is 0. The maximum Gasteiger partial charge on any atom is 0.0503 e. The van der Waals surface area contributed by atoms with Gasteiger partial charge in [-0.3, -0.25) is 0 Å². The van der Waals surface area contributed by atoms with Gasteiger partial charge in [0.25, 0.3) is 0 Å². The number of hydrogen-bond donors (Lipinski definition) is 1. The van der Waals surface area contributed by atoms with Gasteiger partial charge in [0.1, 0.15) is 0 Å². The number of nitrogens with one attached hydrogen (secondary N) is 1. The first kappa shape index (κ1) is 11.0. The molecule has 0 amide bonds. The number of hydrogen-bond acceptors (Lipinski definition) is 1. The predicted octanol–water partition coefficient (Wildman–Crippen LogP) is 3.22. The van der Waals surface area contributed by atoms with E-state index in [1.807, 2.05) is 6.08 Å². The Morgan fingerprint density at radius 1 is 1.36 bits per heavy atom. The van der Waals surface area contributed by atoms with Gasteiger partial charge in [-0.15, -0.1) is 6.58 Å². The Morgan fingerprint density at radius 3 is 2.50 bits per heavy atom. The van der Waals surface area contributed by atoms with Gasteiger partial charge in [0, 0.05) is 0 Å². The highest BCUT2D eigenvalue weighted by Crippen LogP contribution is 2.14. The molecule has 0 fully saturated rings. The van der Waals surface area contributed by atoms with Crippen LogP contribution in [0.3, 0.4) is 0 Å². The van der Waals surface area contributed by atoms with Gasteiger partial charge in [0.05, 0.1) is 6.04 Å². The summed E-state index contributed by atoms with van der Waals surface area (Å²) in [6.45, 7) is 9.15. The predicted molar refractivity (Wildman–Crippen MR) is 62.4 cm³/mol. The lowest BCUT2D eigenvalue weighted by Crippen LogP contribution is -2.19. The second-order valence-corrected chi connectivity index (χ2v) is 3.58. The third-order valence-electron chi connectivity index (χ3n) is 2.29.